The molecule has 1 rings (SSSR count). The predicted octanol–water partition coefficient (Wildman–Crippen LogP) is 1.99. The van der Waals surface area contributed by atoms with Crippen LogP contribution in [0.4, 0.5) is 4.39 Å². The molecule has 1 N–H and O–H groups in total. The van der Waals surface area contributed by atoms with Gasteiger partial charge in [0.1, 0.15) is 5.82 Å². The highest BCUT2D eigenvalue weighted by Crippen LogP contribution is 2.02. The summed E-state index contributed by atoms with van der Waals surface area (Å²) in [6.45, 7) is 0.607. The molecule has 0 saturated carbocycles. The lowest BCUT2D eigenvalue weighted by Gasteiger charge is -2.02. The fourth-order valence-electron chi connectivity index (χ4n) is 0.893. The Labute approximate surface area is 89.7 Å². The Bertz CT molecular complexity index is 303. The lowest BCUT2D eigenvalue weighted by atomic mass is 10.2. The Hall–Kier alpha value is -0.650. The number of hydrogen-bond acceptors (Lipinski definition) is 1. The summed E-state index contributed by atoms with van der Waals surface area (Å²) in [6, 6.07) is 5.65. The number of hydrogen-bond donors (Lipinski definition) is 1. The highest BCUT2D eigenvalue weighted by molar-refractivity contribution is 14.1. The molecule has 0 heterocycles. The van der Waals surface area contributed by atoms with Crippen molar-refractivity contribution in [1.82, 2.24) is 5.32 Å². The second-order valence-corrected chi connectivity index (χ2v) is 3.53. The van der Waals surface area contributed by atoms with E-state index in [1.54, 1.807) is 6.07 Å². The molecule has 0 aliphatic heterocycles. The first-order valence-corrected chi connectivity index (χ1v) is 5.36. The minimum absolute atomic E-state index is 0.226. The molecule has 0 bridgehead atoms. The van der Waals surface area contributed by atoms with Crippen LogP contribution >= 0.6 is 22.6 Å². The normalized spacial score (nSPS) is 9.69. The molecule has 0 unspecified atom stereocenters. The van der Waals surface area contributed by atoms with Gasteiger partial charge < -0.3 is 5.32 Å². The summed E-state index contributed by atoms with van der Waals surface area (Å²) >= 11 is 2.16. The van der Waals surface area contributed by atoms with Crippen LogP contribution in [-0.4, -0.2) is 16.9 Å². The Morgan fingerprint density at radius 1 is 1.54 bits per heavy atom. The van der Waals surface area contributed by atoms with Crippen LogP contribution in [-0.2, 0) is 0 Å². The van der Waals surface area contributed by atoms with E-state index in [1.807, 2.05) is 0 Å². The number of benzene rings is 1. The Morgan fingerprint density at radius 3 is 2.92 bits per heavy atom. The lowest BCUT2D eigenvalue weighted by molar-refractivity contribution is 0.0956. The molecule has 70 valence electrons. The number of rotatable bonds is 3. The van der Waals surface area contributed by atoms with E-state index in [2.05, 4.69) is 27.9 Å². The zero-order valence-electron chi connectivity index (χ0n) is 6.89. The Kier molecular flexibility index (Phi) is 4.14. The van der Waals surface area contributed by atoms with Crippen molar-refractivity contribution in [3.8, 4) is 0 Å². The van der Waals surface area contributed by atoms with Gasteiger partial charge in [0, 0.05) is 16.5 Å². The number of nitrogens with one attached hydrogen (secondary N) is 1. The number of alkyl halides is 1. The van der Waals surface area contributed by atoms with Gasteiger partial charge >= 0.3 is 0 Å². The summed E-state index contributed by atoms with van der Waals surface area (Å²) < 4.78 is 13.5. The van der Waals surface area contributed by atoms with Crippen LogP contribution in [0.3, 0.4) is 0 Å². The van der Waals surface area contributed by atoms with Gasteiger partial charge in [0.05, 0.1) is 0 Å². The summed E-state index contributed by atoms with van der Waals surface area (Å²) in [5, 5.41) is 2.66. The molecule has 0 aromatic heterocycles. The average Bonchev–Trinajstić information content (AvgIpc) is 2.14. The minimum Gasteiger partial charge on any atom is -0.351 e. The molecule has 0 radical (unpaired) electrons. The van der Waals surface area contributed by atoms with Crippen LogP contribution in [0.25, 0.3) is 0 Å². The molecule has 4 heteroatoms. The summed E-state index contributed by atoms with van der Waals surface area (Å²) in [5.74, 6) is -0.613. The van der Waals surface area contributed by atoms with E-state index in [1.165, 1.54) is 18.2 Å². The van der Waals surface area contributed by atoms with Gasteiger partial charge in [0.2, 0.25) is 0 Å². The van der Waals surface area contributed by atoms with Gasteiger partial charge in [-0.1, -0.05) is 28.7 Å². The van der Waals surface area contributed by atoms with Gasteiger partial charge in [0.25, 0.3) is 5.91 Å². The molecule has 0 atom stereocenters. The van der Waals surface area contributed by atoms with E-state index in [0.29, 0.717) is 12.1 Å². The van der Waals surface area contributed by atoms with Crippen molar-refractivity contribution in [1.29, 1.82) is 0 Å². The van der Waals surface area contributed by atoms with Crippen molar-refractivity contribution < 1.29 is 9.18 Å². The molecule has 0 fully saturated rings. The Balaban J connectivity index is 2.66. The molecule has 0 aliphatic rings. The summed E-state index contributed by atoms with van der Waals surface area (Å²) in [5.41, 5.74) is 0.366. The zero-order valence-corrected chi connectivity index (χ0v) is 9.05. The molecular weight excluding hydrogens is 284 g/mol. The number of carbonyl (C=O) groups is 1. The van der Waals surface area contributed by atoms with Crippen LogP contribution < -0.4 is 5.32 Å². The van der Waals surface area contributed by atoms with Crippen molar-refractivity contribution in [3.63, 3.8) is 0 Å². The maximum Gasteiger partial charge on any atom is 0.251 e. The molecular formula is C9H9FINO. The van der Waals surface area contributed by atoms with Crippen molar-refractivity contribution in [3.05, 3.63) is 35.6 Å². The second-order valence-electron chi connectivity index (χ2n) is 2.46. The summed E-state index contributed by atoms with van der Waals surface area (Å²) in [4.78, 5) is 11.3. The zero-order chi connectivity index (χ0) is 9.68. The fraction of sp³-hybridized carbons (Fsp3) is 0.222. The first-order valence-electron chi connectivity index (χ1n) is 3.84. The van der Waals surface area contributed by atoms with E-state index >= 15 is 0 Å². The summed E-state index contributed by atoms with van der Waals surface area (Å²) in [6.07, 6.45) is 0. The smallest absolute Gasteiger partial charge is 0.251 e. The minimum atomic E-state index is -0.387. The lowest BCUT2D eigenvalue weighted by Crippen LogP contribution is -2.25. The van der Waals surface area contributed by atoms with Crippen LogP contribution in [0.1, 0.15) is 10.4 Å². The van der Waals surface area contributed by atoms with Gasteiger partial charge in [-0.15, -0.1) is 0 Å². The number of amides is 1. The van der Waals surface area contributed by atoms with Crippen LogP contribution in [0.5, 0.6) is 0 Å². The van der Waals surface area contributed by atoms with Crippen LogP contribution in [0.2, 0.25) is 0 Å². The molecule has 13 heavy (non-hydrogen) atoms. The van der Waals surface area contributed by atoms with Crippen LogP contribution in [0, 0.1) is 5.82 Å². The third-order valence-corrected chi connectivity index (χ3v) is 2.01. The topological polar surface area (TPSA) is 29.1 Å². The first-order chi connectivity index (χ1) is 6.24. The quantitative estimate of drug-likeness (QED) is 0.670. The largest absolute Gasteiger partial charge is 0.351 e. The fourth-order valence-corrected chi connectivity index (χ4v) is 1.16. The third-order valence-electron chi connectivity index (χ3n) is 1.47. The molecule has 0 spiro atoms. The maximum absolute atomic E-state index is 12.7. The van der Waals surface area contributed by atoms with E-state index in [9.17, 15) is 9.18 Å². The van der Waals surface area contributed by atoms with Crippen molar-refractivity contribution in [2.24, 2.45) is 0 Å². The predicted molar refractivity (Wildman–Crippen MR) is 57.6 cm³/mol. The monoisotopic (exact) mass is 293 g/mol. The van der Waals surface area contributed by atoms with E-state index in [4.69, 9.17) is 0 Å². The molecule has 1 aromatic carbocycles. The van der Waals surface area contributed by atoms with Crippen LogP contribution in [0.15, 0.2) is 24.3 Å². The second kappa shape index (κ2) is 5.16. The number of carbonyl (C=O) groups excluding carboxylic acids is 1. The molecule has 1 aromatic rings. The molecule has 0 saturated heterocycles. The van der Waals surface area contributed by atoms with Gasteiger partial charge in [-0.3, -0.25) is 4.79 Å². The van der Waals surface area contributed by atoms with Gasteiger partial charge in [-0.25, -0.2) is 4.39 Å². The molecule has 0 aliphatic carbocycles. The summed E-state index contributed by atoms with van der Waals surface area (Å²) in [7, 11) is 0. The van der Waals surface area contributed by atoms with Crippen molar-refractivity contribution in [2.45, 2.75) is 0 Å². The van der Waals surface area contributed by atoms with E-state index in [0.717, 1.165) is 4.43 Å². The van der Waals surface area contributed by atoms with Gasteiger partial charge in [0.15, 0.2) is 0 Å². The highest BCUT2D eigenvalue weighted by Gasteiger charge is 2.04. The molecule has 1 amide bonds. The SMILES string of the molecule is O=C(NCCI)c1cccc(F)c1. The first kappa shape index (κ1) is 10.4. The Morgan fingerprint density at radius 2 is 2.31 bits per heavy atom. The number of halogens is 2. The van der Waals surface area contributed by atoms with E-state index < -0.39 is 0 Å². The molecule has 2 nitrogen and oxygen atoms in total. The van der Waals surface area contributed by atoms with Crippen molar-refractivity contribution in [2.75, 3.05) is 11.0 Å². The van der Waals surface area contributed by atoms with Crippen molar-refractivity contribution >= 4 is 28.5 Å². The standard InChI is InChI=1S/C9H9FINO/c10-8-3-1-2-7(6-8)9(13)12-5-4-11/h1-3,6H,4-5H2,(H,12,13). The highest BCUT2D eigenvalue weighted by atomic mass is 127. The average molecular weight is 293 g/mol. The third kappa shape index (κ3) is 3.30. The van der Waals surface area contributed by atoms with Gasteiger partial charge in [-0.05, 0) is 18.2 Å². The van der Waals surface area contributed by atoms with Gasteiger partial charge in [-0.2, -0.15) is 0 Å². The maximum atomic E-state index is 12.7. The van der Waals surface area contributed by atoms with E-state index in [-0.39, 0.29) is 11.7 Å².